The summed E-state index contributed by atoms with van der Waals surface area (Å²) in [6.07, 6.45) is 1.85. The molecule has 2 rings (SSSR count). The van der Waals surface area contributed by atoms with E-state index in [0.717, 1.165) is 18.5 Å². The zero-order valence-electron chi connectivity index (χ0n) is 11.6. The van der Waals surface area contributed by atoms with Crippen LogP contribution in [0.15, 0.2) is 24.3 Å². The second-order valence-electron chi connectivity index (χ2n) is 4.24. The van der Waals surface area contributed by atoms with E-state index in [1.807, 2.05) is 25.1 Å². The van der Waals surface area contributed by atoms with Gasteiger partial charge in [0.25, 0.3) is 0 Å². The Hall–Kier alpha value is -1.88. The van der Waals surface area contributed by atoms with Crippen LogP contribution >= 0.6 is 11.6 Å². The predicted molar refractivity (Wildman–Crippen MR) is 79.7 cm³/mol. The maximum Gasteiger partial charge on any atom is 0.322 e. The zero-order valence-corrected chi connectivity index (χ0v) is 12.3. The third-order valence-corrected chi connectivity index (χ3v) is 2.78. The lowest BCUT2D eigenvalue weighted by Crippen LogP contribution is -2.05. The molecule has 0 aliphatic rings. The summed E-state index contributed by atoms with van der Waals surface area (Å²) in [5.41, 5.74) is 2.14. The van der Waals surface area contributed by atoms with Gasteiger partial charge in [-0.2, -0.15) is 15.0 Å². The number of nitrogens with one attached hydrogen (secondary N) is 1. The van der Waals surface area contributed by atoms with Crippen molar-refractivity contribution in [3.05, 3.63) is 35.1 Å². The molecule has 1 N–H and O–H groups in total. The summed E-state index contributed by atoms with van der Waals surface area (Å²) in [5.74, 6) is 0.379. The largest absolute Gasteiger partial charge is 0.463 e. The highest BCUT2D eigenvalue weighted by Crippen LogP contribution is 2.18. The van der Waals surface area contributed by atoms with E-state index in [-0.39, 0.29) is 11.3 Å². The van der Waals surface area contributed by atoms with E-state index in [4.69, 9.17) is 16.3 Å². The quantitative estimate of drug-likeness (QED) is 0.881. The van der Waals surface area contributed by atoms with Crippen molar-refractivity contribution in [3.63, 3.8) is 0 Å². The first-order valence-electron chi connectivity index (χ1n) is 6.61. The van der Waals surface area contributed by atoms with Crippen LogP contribution in [-0.2, 0) is 6.42 Å². The number of anilines is 2. The Bertz CT molecular complexity index is 577. The van der Waals surface area contributed by atoms with Crippen LogP contribution in [0.4, 0.5) is 11.6 Å². The summed E-state index contributed by atoms with van der Waals surface area (Å²) in [7, 11) is 0. The minimum atomic E-state index is 0.111. The SMILES string of the molecule is CCCOc1nc(Cl)nc(Nc2cccc(CC)c2)n1. The zero-order chi connectivity index (χ0) is 14.4. The van der Waals surface area contributed by atoms with Crippen molar-refractivity contribution in [3.8, 4) is 6.01 Å². The minimum Gasteiger partial charge on any atom is -0.463 e. The van der Waals surface area contributed by atoms with Crippen LogP contribution in [0.3, 0.4) is 0 Å². The summed E-state index contributed by atoms with van der Waals surface area (Å²) >= 11 is 5.87. The number of aromatic nitrogens is 3. The number of halogens is 1. The van der Waals surface area contributed by atoms with Gasteiger partial charge >= 0.3 is 6.01 Å². The molecule has 2 aromatic rings. The third-order valence-electron chi connectivity index (χ3n) is 2.61. The maximum absolute atomic E-state index is 5.87. The van der Waals surface area contributed by atoms with E-state index >= 15 is 0 Å². The highest BCUT2D eigenvalue weighted by molar-refractivity contribution is 6.28. The Balaban J connectivity index is 2.17. The molecule has 0 saturated heterocycles. The van der Waals surface area contributed by atoms with Gasteiger partial charge in [-0.3, -0.25) is 0 Å². The van der Waals surface area contributed by atoms with Gasteiger partial charge in [0.15, 0.2) is 0 Å². The van der Waals surface area contributed by atoms with Crippen molar-refractivity contribution < 1.29 is 4.74 Å². The molecule has 106 valence electrons. The highest BCUT2D eigenvalue weighted by Gasteiger charge is 2.06. The Morgan fingerprint density at radius 3 is 2.80 bits per heavy atom. The fourth-order valence-electron chi connectivity index (χ4n) is 1.64. The van der Waals surface area contributed by atoms with Crippen LogP contribution in [0.2, 0.25) is 5.28 Å². The number of nitrogens with zero attached hydrogens (tertiary/aromatic N) is 3. The summed E-state index contributed by atoms with van der Waals surface area (Å²) in [6.45, 7) is 4.67. The highest BCUT2D eigenvalue weighted by atomic mass is 35.5. The molecule has 0 spiro atoms. The number of hydrogen-bond acceptors (Lipinski definition) is 5. The van der Waals surface area contributed by atoms with Crippen LogP contribution in [0, 0.1) is 0 Å². The lowest BCUT2D eigenvalue weighted by atomic mass is 10.1. The van der Waals surface area contributed by atoms with Crippen molar-refractivity contribution in [1.29, 1.82) is 0 Å². The molecule has 0 unspecified atom stereocenters. The van der Waals surface area contributed by atoms with Gasteiger partial charge in [-0.15, -0.1) is 0 Å². The molecular formula is C14H17ClN4O. The number of rotatable bonds is 6. The number of ether oxygens (including phenoxy) is 1. The first kappa shape index (κ1) is 14.5. The molecule has 0 amide bonds. The summed E-state index contributed by atoms with van der Waals surface area (Å²) < 4.78 is 5.37. The van der Waals surface area contributed by atoms with Gasteiger partial charge in [0.05, 0.1) is 6.61 Å². The lowest BCUT2D eigenvalue weighted by Gasteiger charge is -2.08. The summed E-state index contributed by atoms with van der Waals surface area (Å²) in [5, 5.41) is 3.22. The molecule has 0 aliphatic heterocycles. The first-order chi connectivity index (χ1) is 9.71. The van der Waals surface area contributed by atoms with Crippen molar-refractivity contribution in [2.45, 2.75) is 26.7 Å². The maximum atomic E-state index is 5.87. The molecule has 1 heterocycles. The van der Waals surface area contributed by atoms with Gasteiger partial charge in [-0.05, 0) is 42.1 Å². The molecule has 0 saturated carbocycles. The molecule has 0 atom stereocenters. The molecule has 6 heteroatoms. The molecule has 0 radical (unpaired) electrons. The molecule has 5 nitrogen and oxygen atoms in total. The van der Waals surface area contributed by atoms with E-state index in [2.05, 4.69) is 33.3 Å². The van der Waals surface area contributed by atoms with Gasteiger partial charge in [0, 0.05) is 5.69 Å². The average Bonchev–Trinajstić information content (AvgIpc) is 2.44. The summed E-state index contributed by atoms with van der Waals surface area (Å²) in [4.78, 5) is 12.2. The number of aryl methyl sites for hydroxylation is 1. The molecular weight excluding hydrogens is 276 g/mol. The Labute approximate surface area is 123 Å². The Morgan fingerprint density at radius 1 is 1.20 bits per heavy atom. The molecule has 0 aliphatic carbocycles. The van der Waals surface area contributed by atoms with Gasteiger partial charge in [0.1, 0.15) is 0 Å². The normalized spacial score (nSPS) is 10.3. The number of hydrogen-bond donors (Lipinski definition) is 1. The Kier molecular flexibility index (Phi) is 5.12. The van der Waals surface area contributed by atoms with E-state index < -0.39 is 0 Å². The predicted octanol–water partition coefficient (Wildman–Crippen LogP) is 3.62. The van der Waals surface area contributed by atoms with Crippen LogP contribution in [0.5, 0.6) is 6.01 Å². The van der Waals surface area contributed by atoms with Crippen LogP contribution in [0.1, 0.15) is 25.8 Å². The molecule has 1 aromatic carbocycles. The molecule has 0 fully saturated rings. The second-order valence-corrected chi connectivity index (χ2v) is 4.58. The van der Waals surface area contributed by atoms with E-state index in [9.17, 15) is 0 Å². The molecule has 1 aromatic heterocycles. The monoisotopic (exact) mass is 292 g/mol. The molecule has 20 heavy (non-hydrogen) atoms. The summed E-state index contributed by atoms with van der Waals surface area (Å²) in [6, 6.07) is 8.29. The fraction of sp³-hybridized carbons (Fsp3) is 0.357. The van der Waals surface area contributed by atoms with Gasteiger partial charge < -0.3 is 10.1 Å². The van der Waals surface area contributed by atoms with Gasteiger partial charge in [-0.25, -0.2) is 0 Å². The van der Waals surface area contributed by atoms with E-state index in [1.165, 1.54) is 5.56 Å². The minimum absolute atomic E-state index is 0.111. The van der Waals surface area contributed by atoms with Crippen molar-refractivity contribution in [1.82, 2.24) is 15.0 Å². The van der Waals surface area contributed by atoms with E-state index in [1.54, 1.807) is 0 Å². The standard InChI is InChI=1S/C14H17ClN4O/c1-3-8-20-14-18-12(15)17-13(19-14)16-11-7-5-6-10(4-2)9-11/h5-7,9H,3-4,8H2,1-2H3,(H,16,17,18,19). The van der Waals surface area contributed by atoms with Crippen molar-refractivity contribution >= 4 is 23.2 Å². The van der Waals surface area contributed by atoms with Gasteiger partial charge in [-0.1, -0.05) is 26.0 Å². The molecule has 0 bridgehead atoms. The fourth-order valence-corrected chi connectivity index (χ4v) is 1.80. The van der Waals surface area contributed by atoms with Crippen LogP contribution in [-0.4, -0.2) is 21.6 Å². The van der Waals surface area contributed by atoms with Crippen LogP contribution < -0.4 is 10.1 Å². The van der Waals surface area contributed by atoms with Crippen LogP contribution in [0.25, 0.3) is 0 Å². The second kappa shape index (κ2) is 7.05. The van der Waals surface area contributed by atoms with Crippen molar-refractivity contribution in [2.75, 3.05) is 11.9 Å². The third kappa shape index (κ3) is 4.06. The topological polar surface area (TPSA) is 59.9 Å². The average molecular weight is 293 g/mol. The van der Waals surface area contributed by atoms with Crippen molar-refractivity contribution in [2.24, 2.45) is 0 Å². The van der Waals surface area contributed by atoms with E-state index in [0.29, 0.717) is 12.6 Å². The smallest absolute Gasteiger partial charge is 0.322 e. The first-order valence-corrected chi connectivity index (χ1v) is 6.99. The van der Waals surface area contributed by atoms with Gasteiger partial charge in [0.2, 0.25) is 11.2 Å². The number of benzene rings is 1. The lowest BCUT2D eigenvalue weighted by molar-refractivity contribution is 0.292. The Morgan fingerprint density at radius 2 is 2.05 bits per heavy atom.